The van der Waals surface area contributed by atoms with Crippen LogP contribution >= 0.6 is 0 Å². The molecule has 0 saturated heterocycles. The van der Waals surface area contributed by atoms with Gasteiger partial charge in [-0.1, -0.05) is 17.7 Å². The van der Waals surface area contributed by atoms with Gasteiger partial charge in [0.15, 0.2) is 5.82 Å². The number of nitrogens with zero attached hydrogens (tertiary/aromatic N) is 6. The van der Waals surface area contributed by atoms with E-state index in [2.05, 4.69) is 25.5 Å². The maximum atomic E-state index is 14.6. The van der Waals surface area contributed by atoms with Gasteiger partial charge in [0.2, 0.25) is 0 Å². The average molecular weight is 390 g/mol. The Morgan fingerprint density at radius 2 is 1.79 bits per heavy atom. The minimum atomic E-state index is -0.693. The largest absolute Gasteiger partial charge is 0.240 e. The quantitative estimate of drug-likeness (QED) is 0.521. The summed E-state index contributed by atoms with van der Waals surface area (Å²) in [5.41, 5.74) is 2.87. The number of halogens is 2. The lowest BCUT2D eigenvalue weighted by atomic mass is 10.1. The second-order valence-electron chi connectivity index (χ2n) is 7.14. The molecule has 4 aromatic rings. The summed E-state index contributed by atoms with van der Waals surface area (Å²) in [5, 5.41) is 12.0. The van der Waals surface area contributed by atoms with Crippen molar-refractivity contribution in [1.82, 2.24) is 30.2 Å². The van der Waals surface area contributed by atoms with E-state index >= 15 is 0 Å². The first-order valence-corrected chi connectivity index (χ1v) is 9.28. The Morgan fingerprint density at radius 3 is 2.52 bits per heavy atom. The first kappa shape index (κ1) is 17.5. The van der Waals surface area contributed by atoms with Crippen molar-refractivity contribution in [3.8, 4) is 28.3 Å². The predicted octanol–water partition coefficient (Wildman–Crippen LogP) is 4.25. The van der Waals surface area contributed by atoms with Crippen molar-refractivity contribution in [2.45, 2.75) is 25.7 Å². The van der Waals surface area contributed by atoms with Gasteiger partial charge in [-0.3, -0.25) is 0 Å². The van der Waals surface area contributed by atoms with E-state index < -0.39 is 11.6 Å². The van der Waals surface area contributed by atoms with Crippen LogP contribution in [-0.2, 0) is 0 Å². The van der Waals surface area contributed by atoms with Gasteiger partial charge in [-0.15, -0.1) is 5.10 Å². The molecule has 5 rings (SSSR count). The third-order valence-electron chi connectivity index (χ3n) is 4.93. The molecule has 6 nitrogen and oxygen atoms in total. The predicted molar refractivity (Wildman–Crippen MR) is 102 cm³/mol. The molecule has 29 heavy (non-hydrogen) atoms. The molecule has 2 heterocycles. The van der Waals surface area contributed by atoms with Crippen molar-refractivity contribution in [3.05, 3.63) is 71.7 Å². The van der Waals surface area contributed by atoms with E-state index in [9.17, 15) is 8.78 Å². The standard InChI is InChI=1S/C21H16F2N6/c1-12-2-7-15(8-3-12)29-21(26-27-28-29)17-11-24-20(13-4-5-13)25-19(17)16-9-6-14(22)10-18(16)23/h2-3,6-11,13H,4-5H2,1H3. The van der Waals surface area contributed by atoms with Gasteiger partial charge >= 0.3 is 0 Å². The fourth-order valence-electron chi connectivity index (χ4n) is 3.20. The molecule has 2 aromatic heterocycles. The highest BCUT2D eigenvalue weighted by atomic mass is 19.1. The molecule has 0 amide bonds. The summed E-state index contributed by atoms with van der Waals surface area (Å²) in [7, 11) is 0. The Balaban J connectivity index is 1.70. The lowest BCUT2D eigenvalue weighted by Gasteiger charge is -2.11. The van der Waals surface area contributed by atoms with Crippen LogP contribution in [0.3, 0.4) is 0 Å². The van der Waals surface area contributed by atoms with Crippen molar-refractivity contribution in [2.24, 2.45) is 0 Å². The normalized spacial score (nSPS) is 13.6. The third-order valence-corrected chi connectivity index (χ3v) is 4.93. The smallest absolute Gasteiger partial charge is 0.190 e. The number of hydrogen-bond acceptors (Lipinski definition) is 5. The van der Waals surface area contributed by atoms with E-state index in [-0.39, 0.29) is 11.5 Å². The summed E-state index contributed by atoms with van der Waals surface area (Å²) in [4.78, 5) is 9.08. The molecular weight excluding hydrogens is 374 g/mol. The molecular formula is C21H16F2N6. The molecule has 0 aliphatic heterocycles. The number of benzene rings is 2. The molecule has 2 aromatic carbocycles. The highest BCUT2D eigenvalue weighted by molar-refractivity contribution is 5.77. The SMILES string of the molecule is Cc1ccc(-n2nnnc2-c2cnc(C3CC3)nc2-c2ccc(F)cc2F)cc1. The van der Waals surface area contributed by atoms with Crippen molar-refractivity contribution >= 4 is 0 Å². The van der Waals surface area contributed by atoms with E-state index in [1.807, 2.05) is 31.2 Å². The van der Waals surface area contributed by atoms with Crippen LogP contribution in [0, 0.1) is 18.6 Å². The summed E-state index contributed by atoms with van der Waals surface area (Å²) in [6.07, 6.45) is 3.63. The van der Waals surface area contributed by atoms with Gasteiger partial charge in [0, 0.05) is 23.7 Å². The molecule has 0 bridgehead atoms. The topological polar surface area (TPSA) is 69.4 Å². The number of aryl methyl sites for hydroxylation is 1. The zero-order valence-corrected chi connectivity index (χ0v) is 15.5. The van der Waals surface area contributed by atoms with E-state index in [0.29, 0.717) is 22.9 Å². The van der Waals surface area contributed by atoms with Crippen LogP contribution in [0.2, 0.25) is 0 Å². The highest BCUT2D eigenvalue weighted by Crippen LogP contribution is 2.40. The molecule has 0 N–H and O–H groups in total. The minimum absolute atomic E-state index is 0.184. The summed E-state index contributed by atoms with van der Waals surface area (Å²) < 4.78 is 29.6. The van der Waals surface area contributed by atoms with Gasteiger partial charge in [-0.05, 0) is 54.5 Å². The van der Waals surface area contributed by atoms with Crippen molar-refractivity contribution < 1.29 is 8.78 Å². The molecule has 1 aliphatic carbocycles. The number of rotatable bonds is 4. The van der Waals surface area contributed by atoms with Gasteiger partial charge < -0.3 is 0 Å². The van der Waals surface area contributed by atoms with Gasteiger partial charge in [-0.25, -0.2) is 18.7 Å². The van der Waals surface area contributed by atoms with Crippen LogP contribution in [0.5, 0.6) is 0 Å². The van der Waals surface area contributed by atoms with E-state index in [1.54, 1.807) is 10.9 Å². The second-order valence-corrected chi connectivity index (χ2v) is 7.14. The second kappa shape index (κ2) is 6.80. The molecule has 0 atom stereocenters. The van der Waals surface area contributed by atoms with E-state index in [0.717, 1.165) is 30.2 Å². The van der Waals surface area contributed by atoms with Crippen molar-refractivity contribution in [1.29, 1.82) is 0 Å². The van der Waals surface area contributed by atoms with Crippen molar-refractivity contribution in [2.75, 3.05) is 0 Å². The van der Waals surface area contributed by atoms with Gasteiger partial charge in [0.05, 0.1) is 16.9 Å². The highest BCUT2D eigenvalue weighted by Gasteiger charge is 2.29. The Morgan fingerprint density at radius 1 is 1.00 bits per heavy atom. The maximum absolute atomic E-state index is 14.6. The Labute approximate surface area is 165 Å². The molecule has 144 valence electrons. The fraction of sp³-hybridized carbons (Fsp3) is 0.190. The Kier molecular flexibility index (Phi) is 4.12. The number of tetrazole rings is 1. The average Bonchev–Trinajstić information content (AvgIpc) is 3.46. The minimum Gasteiger partial charge on any atom is -0.240 e. The monoisotopic (exact) mass is 390 g/mol. The molecule has 0 radical (unpaired) electrons. The maximum Gasteiger partial charge on any atom is 0.190 e. The van der Waals surface area contributed by atoms with Crippen LogP contribution in [0.15, 0.2) is 48.7 Å². The molecule has 8 heteroatoms. The summed E-state index contributed by atoms with van der Waals surface area (Å²) >= 11 is 0. The molecule has 0 spiro atoms. The molecule has 1 aliphatic rings. The summed E-state index contributed by atoms with van der Waals surface area (Å²) in [5.74, 6) is -0.0222. The fourth-order valence-corrected chi connectivity index (χ4v) is 3.20. The molecule has 1 saturated carbocycles. The Bertz CT molecular complexity index is 1200. The zero-order valence-electron chi connectivity index (χ0n) is 15.5. The van der Waals surface area contributed by atoms with Gasteiger partial charge in [0.25, 0.3) is 0 Å². The molecule has 1 fully saturated rings. The summed E-state index contributed by atoms with van der Waals surface area (Å²) in [6.45, 7) is 1.99. The first-order valence-electron chi connectivity index (χ1n) is 9.28. The van der Waals surface area contributed by atoms with Gasteiger partial charge in [0.1, 0.15) is 17.5 Å². The van der Waals surface area contributed by atoms with Crippen LogP contribution in [0.4, 0.5) is 8.78 Å². The molecule has 0 unspecified atom stereocenters. The third kappa shape index (κ3) is 3.26. The van der Waals surface area contributed by atoms with Crippen molar-refractivity contribution in [3.63, 3.8) is 0 Å². The lowest BCUT2D eigenvalue weighted by Crippen LogP contribution is -2.04. The van der Waals surface area contributed by atoms with Crippen LogP contribution < -0.4 is 0 Å². The van der Waals surface area contributed by atoms with E-state index in [1.165, 1.54) is 12.1 Å². The van der Waals surface area contributed by atoms with Gasteiger partial charge in [-0.2, -0.15) is 4.68 Å². The first-order chi connectivity index (χ1) is 14.1. The number of aromatic nitrogens is 6. The van der Waals surface area contributed by atoms with Crippen LogP contribution in [0.1, 0.15) is 30.1 Å². The lowest BCUT2D eigenvalue weighted by molar-refractivity contribution is 0.585. The Hall–Kier alpha value is -3.55. The number of hydrogen-bond donors (Lipinski definition) is 0. The zero-order chi connectivity index (χ0) is 20.0. The van der Waals surface area contributed by atoms with Crippen LogP contribution in [0.25, 0.3) is 28.3 Å². The van der Waals surface area contributed by atoms with Crippen LogP contribution in [-0.4, -0.2) is 30.2 Å². The van der Waals surface area contributed by atoms with E-state index in [4.69, 9.17) is 0 Å². The summed E-state index contributed by atoms with van der Waals surface area (Å²) in [6, 6.07) is 11.1.